The minimum Gasteiger partial charge on any atom is -0.494 e. The first-order valence-electron chi connectivity index (χ1n) is 9.91. The molecule has 2 aromatic carbocycles. The predicted octanol–water partition coefficient (Wildman–Crippen LogP) is 3.06. The van der Waals surface area contributed by atoms with E-state index in [1.807, 2.05) is 0 Å². The fraction of sp³-hybridized carbons (Fsp3) is 0.227. The van der Waals surface area contributed by atoms with Gasteiger partial charge in [0.15, 0.2) is 17.4 Å². The maximum atomic E-state index is 14.5. The molecule has 1 aromatic heterocycles. The van der Waals surface area contributed by atoms with Gasteiger partial charge in [0.1, 0.15) is 0 Å². The van der Waals surface area contributed by atoms with Crippen LogP contribution in [0.4, 0.5) is 14.5 Å². The van der Waals surface area contributed by atoms with Crippen LogP contribution in [0.5, 0.6) is 5.75 Å². The SMILES string of the molecule is COc1ccc(-c2cnc(C(=O)Nc3ccc(C(=O)N4CC(N)C4)c(Cl)c3)n2C)c(F)c1F. The van der Waals surface area contributed by atoms with Crippen LogP contribution in [-0.4, -0.2) is 52.5 Å². The second-order valence-electron chi connectivity index (χ2n) is 7.59. The molecule has 0 spiro atoms. The number of ether oxygens (including phenoxy) is 1. The largest absolute Gasteiger partial charge is 0.494 e. The molecule has 3 aromatic rings. The van der Waals surface area contributed by atoms with Gasteiger partial charge in [-0.25, -0.2) is 9.37 Å². The highest BCUT2D eigenvalue weighted by atomic mass is 35.5. The lowest BCUT2D eigenvalue weighted by Gasteiger charge is -2.37. The van der Waals surface area contributed by atoms with Gasteiger partial charge in [-0.15, -0.1) is 0 Å². The van der Waals surface area contributed by atoms with Gasteiger partial charge in [-0.05, 0) is 30.3 Å². The van der Waals surface area contributed by atoms with Crippen molar-refractivity contribution in [2.75, 3.05) is 25.5 Å². The summed E-state index contributed by atoms with van der Waals surface area (Å²) in [5.74, 6) is -3.34. The molecule has 1 aliphatic rings. The molecule has 0 saturated carbocycles. The molecule has 33 heavy (non-hydrogen) atoms. The number of methoxy groups -OCH3 is 1. The summed E-state index contributed by atoms with van der Waals surface area (Å²) in [6, 6.07) is 7.12. The summed E-state index contributed by atoms with van der Waals surface area (Å²) < 4.78 is 34.7. The van der Waals surface area contributed by atoms with Crippen molar-refractivity contribution in [3.63, 3.8) is 0 Å². The molecule has 2 amide bonds. The molecule has 1 saturated heterocycles. The van der Waals surface area contributed by atoms with Gasteiger partial charge in [-0.3, -0.25) is 9.59 Å². The van der Waals surface area contributed by atoms with E-state index < -0.39 is 17.5 Å². The van der Waals surface area contributed by atoms with Crippen LogP contribution in [0, 0.1) is 11.6 Å². The number of amides is 2. The minimum atomic E-state index is -1.13. The topological polar surface area (TPSA) is 102 Å². The zero-order valence-corrected chi connectivity index (χ0v) is 18.5. The van der Waals surface area contributed by atoms with Crippen molar-refractivity contribution in [3.05, 3.63) is 64.6 Å². The van der Waals surface area contributed by atoms with E-state index in [2.05, 4.69) is 10.3 Å². The number of carbonyl (C=O) groups is 2. The van der Waals surface area contributed by atoms with Crippen LogP contribution in [0.1, 0.15) is 21.0 Å². The van der Waals surface area contributed by atoms with Crippen molar-refractivity contribution >= 4 is 29.1 Å². The van der Waals surface area contributed by atoms with Crippen molar-refractivity contribution in [1.29, 1.82) is 0 Å². The summed E-state index contributed by atoms with van der Waals surface area (Å²) in [6.07, 6.45) is 1.27. The maximum Gasteiger partial charge on any atom is 0.291 e. The minimum absolute atomic E-state index is 0.0307. The molecule has 0 radical (unpaired) electrons. The molecule has 0 aliphatic carbocycles. The van der Waals surface area contributed by atoms with Crippen molar-refractivity contribution in [2.45, 2.75) is 6.04 Å². The van der Waals surface area contributed by atoms with Crippen molar-refractivity contribution in [3.8, 4) is 17.0 Å². The van der Waals surface area contributed by atoms with Crippen LogP contribution in [0.15, 0.2) is 36.5 Å². The molecular weight excluding hydrogens is 456 g/mol. The lowest BCUT2D eigenvalue weighted by molar-refractivity contribution is 0.0608. The molecule has 11 heteroatoms. The lowest BCUT2D eigenvalue weighted by atomic mass is 10.1. The highest BCUT2D eigenvalue weighted by Gasteiger charge is 2.29. The molecular formula is C22H20ClF2N5O3. The fourth-order valence-electron chi connectivity index (χ4n) is 3.56. The number of benzene rings is 2. The Balaban J connectivity index is 1.53. The number of nitrogens with two attached hydrogens (primary N) is 1. The summed E-state index contributed by atoms with van der Waals surface area (Å²) >= 11 is 6.25. The highest BCUT2D eigenvalue weighted by Crippen LogP contribution is 2.30. The van der Waals surface area contributed by atoms with Gasteiger partial charge in [0, 0.05) is 37.4 Å². The van der Waals surface area contributed by atoms with Gasteiger partial charge < -0.3 is 25.3 Å². The summed E-state index contributed by atoms with van der Waals surface area (Å²) in [7, 11) is 2.74. The van der Waals surface area contributed by atoms with Crippen LogP contribution >= 0.6 is 11.6 Å². The second kappa shape index (κ2) is 8.80. The third-order valence-corrected chi connectivity index (χ3v) is 5.70. The van der Waals surface area contributed by atoms with Crippen molar-refractivity contribution in [2.24, 2.45) is 12.8 Å². The average Bonchev–Trinajstić information content (AvgIpc) is 3.14. The number of nitrogens with one attached hydrogen (secondary N) is 1. The van der Waals surface area contributed by atoms with Gasteiger partial charge in [0.2, 0.25) is 5.82 Å². The zero-order valence-electron chi connectivity index (χ0n) is 17.7. The van der Waals surface area contributed by atoms with Gasteiger partial charge in [-0.1, -0.05) is 11.6 Å². The number of likely N-dealkylation sites (tertiary alicyclic amines) is 1. The number of carbonyl (C=O) groups excluding carboxylic acids is 2. The average molecular weight is 476 g/mol. The van der Waals surface area contributed by atoms with Crippen LogP contribution in [0.3, 0.4) is 0 Å². The van der Waals surface area contributed by atoms with Crippen LogP contribution in [-0.2, 0) is 7.05 Å². The number of aromatic nitrogens is 2. The summed E-state index contributed by atoms with van der Waals surface area (Å²) in [4.78, 5) is 30.8. The van der Waals surface area contributed by atoms with Gasteiger partial charge >= 0.3 is 0 Å². The predicted molar refractivity (Wildman–Crippen MR) is 118 cm³/mol. The quantitative estimate of drug-likeness (QED) is 0.590. The number of rotatable bonds is 5. The molecule has 2 heterocycles. The Morgan fingerprint density at radius 3 is 2.58 bits per heavy atom. The van der Waals surface area contributed by atoms with Crippen LogP contribution < -0.4 is 15.8 Å². The van der Waals surface area contributed by atoms with E-state index in [9.17, 15) is 18.4 Å². The highest BCUT2D eigenvalue weighted by molar-refractivity contribution is 6.34. The van der Waals surface area contributed by atoms with Gasteiger partial charge in [0.05, 0.1) is 29.6 Å². The van der Waals surface area contributed by atoms with E-state index in [-0.39, 0.29) is 39.8 Å². The Morgan fingerprint density at radius 1 is 1.21 bits per heavy atom. The number of nitrogens with zero attached hydrogens (tertiary/aromatic N) is 3. The van der Waals surface area contributed by atoms with Gasteiger partial charge in [-0.2, -0.15) is 4.39 Å². The van der Waals surface area contributed by atoms with E-state index >= 15 is 0 Å². The molecule has 1 aliphatic heterocycles. The van der Waals surface area contributed by atoms with Crippen molar-refractivity contribution in [1.82, 2.24) is 14.5 Å². The Kier molecular flexibility index (Phi) is 6.05. The number of halogens is 3. The van der Waals surface area contributed by atoms with E-state index in [1.54, 1.807) is 11.0 Å². The third kappa shape index (κ3) is 4.14. The number of anilines is 1. The molecule has 3 N–H and O–H groups in total. The molecule has 172 valence electrons. The van der Waals surface area contributed by atoms with E-state index in [4.69, 9.17) is 22.1 Å². The van der Waals surface area contributed by atoms with Crippen LogP contribution in [0.2, 0.25) is 5.02 Å². The fourth-order valence-corrected chi connectivity index (χ4v) is 3.82. The first kappa shape index (κ1) is 22.7. The number of hydrogen-bond donors (Lipinski definition) is 2. The number of imidazole rings is 1. The first-order valence-corrected chi connectivity index (χ1v) is 10.3. The summed E-state index contributed by atoms with van der Waals surface area (Å²) in [5, 5.41) is 2.82. The Hall–Kier alpha value is -3.50. The van der Waals surface area contributed by atoms with E-state index in [0.29, 0.717) is 24.3 Å². The molecule has 0 bridgehead atoms. The molecule has 0 atom stereocenters. The Morgan fingerprint density at radius 2 is 1.94 bits per heavy atom. The van der Waals surface area contributed by atoms with Crippen LogP contribution in [0.25, 0.3) is 11.3 Å². The summed E-state index contributed by atoms with van der Waals surface area (Å²) in [5.41, 5.74) is 6.48. The van der Waals surface area contributed by atoms with E-state index in [1.165, 1.54) is 49.2 Å². The Bertz CT molecular complexity index is 1260. The third-order valence-electron chi connectivity index (χ3n) is 5.39. The van der Waals surface area contributed by atoms with Crippen molar-refractivity contribution < 1.29 is 23.1 Å². The molecule has 8 nitrogen and oxygen atoms in total. The molecule has 1 fully saturated rings. The smallest absolute Gasteiger partial charge is 0.291 e. The van der Waals surface area contributed by atoms with E-state index in [0.717, 1.165) is 0 Å². The molecule has 0 unspecified atom stereocenters. The normalized spacial score (nSPS) is 13.6. The zero-order chi connectivity index (χ0) is 23.9. The number of hydrogen-bond acceptors (Lipinski definition) is 5. The lowest BCUT2D eigenvalue weighted by Crippen LogP contribution is -2.57. The second-order valence-corrected chi connectivity index (χ2v) is 8.00. The maximum absolute atomic E-state index is 14.5. The molecule has 4 rings (SSSR count). The summed E-state index contributed by atoms with van der Waals surface area (Å²) in [6.45, 7) is 0.932. The standard InChI is InChI=1S/C22H20ClF2N5O3/c1-29-16(14-5-6-17(33-2)19(25)18(14)24)8-27-20(29)21(31)28-12-3-4-13(15(23)7-12)22(32)30-9-11(26)10-30/h3-8,11H,9-10,26H2,1-2H3,(H,28,31). The first-order chi connectivity index (χ1) is 15.7. The van der Waals surface area contributed by atoms with Gasteiger partial charge in [0.25, 0.3) is 11.8 Å². The Labute approximate surface area is 192 Å². The monoisotopic (exact) mass is 475 g/mol.